The van der Waals surface area contributed by atoms with Gasteiger partial charge in [0, 0.05) is 12.7 Å². The van der Waals surface area contributed by atoms with Crippen molar-refractivity contribution < 1.29 is 17.6 Å². The molecule has 1 aliphatic carbocycles. The van der Waals surface area contributed by atoms with Crippen LogP contribution in [0.4, 0.5) is 0 Å². The minimum Gasteiger partial charge on any atom is -0.463 e. The second-order valence-corrected chi connectivity index (χ2v) is 9.41. The van der Waals surface area contributed by atoms with E-state index >= 15 is 0 Å². The van der Waals surface area contributed by atoms with Gasteiger partial charge in [-0.1, -0.05) is 36.1 Å². The van der Waals surface area contributed by atoms with Crippen LogP contribution in [-0.2, 0) is 20.3 Å². The zero-order valence-electron chi connectivity index (χ0n) is 16.0. The Morgan fingerprint density at radius 2 is 1.90 bits per heavy atom. The summed E-state index contributed by atoms with van der Waals surface area (Å²) in [5, 5.41) is 0.291. The molecular weight excluding hydrogens is 388 g/mol. The van der Waals surface area contributed by atoms with Crippen molar-refractivity contribution in [3.8, 4) is 23.0 Å². The summed E-state index contributed by atoms with van der Waals surface area (Å²) in [6.45, 7) is 0.332. The summed E-state index contributed by atoms with van der Waals surface area (Å²) in [5.41, 5.74) is 2.93. The van der Waals surface area contributed by atoms with Crippen molar-refractivity contribution in [1.29, 1.82) is 0 Å². The molecule has 6 heteroatoms. The Balaban J connectivity index is 1.62. The average Bonchev–Trinajstić information content (AvgIpc) is 3.55. The summed E-state index contributed by atoms with van der Waals surface area (Å²) >= 11 is 0. The summed E-state index contributed by atoms with van der Waals surface area (Å²) in [7, 11) is -1.49. The smallest absolute Gasteiger partial charge is 0.200 e. The van der Waals surface area contributed by atoms with Gasteiger partial charge >= 0.3 is 0 Å². The third-order valence-corrected chi connectivity index (χ3v) is 7.11. The minimum absolute atomic E-state index is 0.0388. The fraction of sp³-hybridized carbons (Fsp3) is 0.261. The van der Waals surface area contributed by atoms with E-state index in [1.807, 2.05) is 0 Å². The van der Waals surface area contributed by atoms with Crippen LogP contribution >= 0.6 is 0 Å². The van der Waals surface area contributed by atoms with E-state index in [9.17, 15) is 13.2 Å². The zero-order chi connectivity index (χ0) is 20.4. The van der Waals surface area contributed by atoms with Gasteiger partial charge in [0.2, 0.25) is 0 Å². The van der Waals surface area contributed by atoms with Gasteiger partial charge in [-0.3, -0.25) is 4.79 Å². The number of benzene rings is 2. The predicted molar refractivity (Wildman–Crippen MR) is 112 cm³/mol. The van der Waals surface area contributed by atoms with Crippen molar-refractivity contribution in [3.63, 3.8) is 0 Å². The van der Waals surface area contributed by atoms with Gasteiger partial charge in [0.1, 0.15) is 18.5 Å². The van der Waals surface area contributed by atoms with Crippen molar-refractivity contribution in [2.45, 2.75) is 23.8 Å². The molecule has 0 spiro atoms. The molecule has 0 atom stereocenters. The predicted octanol–water partition coefficient (Wildman–Crippen LogP) is 3.54. The molecule has 3 aromatic rings. The van der Waals surface area contributed by atoms with E-state index in [2.05, 4.69) is 11.8 Å². The number of sulfone groups is 1. The van der Waals surface area contributed by atoms with Crippen molar-refractivity contribution in [2.75, 3.05) is 13.7 Å². The van der Waals surface area contributed by atoms with E-state index in [1.54, 1.807) is 49.6 Å². The van der Waals surface area contributed by atoms with Crippen LogP contribution in [0.2, 0.25) is 0 Å². The molecular formula is C23H20O5S. The highest BCUT2D eigenvalue weighted by Crippen LogP contribution is 2.31. The fourth-order valence-corrected chi connectivity index (χ4v) is 4.92. The maximum absolute atomic E-state index is 12.9. The van der Waals surface area contributed by atoms with E-state index in [-0.39, 0.29) is 16.4 Å². The molecule has 4 rings (SSSR count). The molecule has 2 aromatic carbocycles. The van der Waals surface area contributed by atoms with Crippen molar-refractivity contribution >= 4 is 20.8 Å². The lowest BCUT2D eigenvalue weighted by Gasteiger charge is -2.06. The number of fused-ring (bicyclic) bond motifs is 1. The molecule has 0 aliphatic heterocycles. The second kappa shape index (κ2) is 7.86. The van der Waals surface area contributed by atoms with E-state index < -0.39 is 9.84 Å². The number of hydrogen-bond acceptors (Lipinski definition) is 5. The van der Waals surface area contributed by atoms with Crippen LogP contribution in [0.15, 0.2) is 57.9 Å². The molecule has 148 valence electrons. The molecule has 0 bridgehead atoms. The van der Waals surface area contributed by atoms with Crippen molar-refractivity contribution in [3.05, 3.63) is 70.1 Å². The lowest BCUT2D eigenvalue weighted by atomic mass is 10.0. The SMILES string of the molecule is COCC#Cc1ccc2c(=O)c(-c3ccc(CS(=O)(=O)C4CC4)cc3)coc2c1. The van der Waals surface area contributed by atoms with Gasteiger partial charge in [0.25, 0.3) is 0 Å². The highest BCUT2D eigenvalue weighted by Gasteiger charge is 2.35. The van der Waals surface area contributed by atoms with Crippen LogP contribution in [-0.4, -0.2) is 27.4 Å². The van der Waals surface area contributed by atoms with Crippen LogP contribution in [0, 0.1) is 11.8 Å². The van der Waals surface area contributed by atoms with Gasteiger partial charge in [0.15, 0.2) is 15.3 Å². The second-order valence-electron chi connectivity index (χ2n) is 7.13. The van der Waals surface area contributed by atoms with Gasteiger partial charge in [-0.15, -0.1) is 0 Å². The molecule has 0 unspecified atom stereocenters. The van der Waals surface area contributed by atoms with Gasteiger partial charge in [-0.25, -0.2) is 8.42 Å². The Morgan fingerprint density at radius 3 is 2.59 bits per heavy atom. The maximum atomic E-state index is 12.9. The van der Waals surface area contributed by atoms with Gasteiger partial charge in [-0.2, -0.15) is 0 Å². The number of ether oxygens (including phenoxy) is 1. The summed E-state index contributed by atoms with van der Waals surface area (Å²) in [4.78, 5) is 12.9. The van der Waals surface area contributed by atoms with Gasteiger partial charge in [-0.05, 0) is 42.2 Å². The fourth-order valence-electron chi connectivity index (χ4n) is 3.17. The van der Waals surface area contributed by atoms with Gasteiger partial charge < -0.3 is 9.15 Å². The number of methoxy groups -OCH3 is 1. The van der Waals surface area contributed by atoms with Crippen LogP contribution in [0.5, 0.6) is 0 Å². The zero-order valence-corrected chi connectivity index (χ0v) is 16.8. The Morgan fingerprint density at radius 1 is 1.14 bits per heavy atom. The van der Waals surface area contributed by atoms with Crippen LogP contribution < -0.4 is 5.43 Å². The molecule has 1 fully saturated rings. The van der Waals surface area contributed by atoms with E-state index in [4.69, 9.17) is 9.15 Å². The van der Waals surface area contributed by atoms with E-state index in [1.165, 1.54) is 6.26 Å². The summed E-state index contributed by atoms with van der Waals surface area (Å²) in [5.74, 6) is 5.86. The minimum atomic E-state index is -3.07. The molecule has 1 aliphatic rings. The lowest BCUT2D eigenvalue weighted by Crippen LogP contribution is -2.09. The largest absolute Gasteiger partial charge is 0.463 e. The first-order valence-electron chi connectivity index (χ1n) is 9.32. The maximum Gasteiger partial charge on any atom is 0.200 e. The molecule has 1 saturated carbocycles. The molecule has 0 radical (unpaired) electrons. The standard InChI is InChI=1S/C23H20O5S/c1-27-12-2-3-16-6-11-20-22(13-16)28-14-21(23(20)24)18-7-4-17(5-8-18)15-29(25,26)19-9-10-19/h4-8,11,13-14,19H,9-10,12,15H2,1H3. The molecule has 1 aromatic heterocycles. The molecule has 29 heavy (non-hydrogen) atoms. The molecule has 0 amide bonds. The average molecular weight is 408 g/mol. The molecule has 0 N–H and O–H groups in total. The van der Waals surface area contributed by atoms with Gasteiger partial charge in [0.05, 0.1) is 22.0 Å². The van der Waals surface area contributed by atoms with Crippen LogP contribution in [0.1, 0.15) is 24.0 Å². The highest BCUT2D eigenvalue weighted by molar-refractivity contribution is 7.91. The third kappa shape index (κ3) is 4.26. The third-order valence-electron chi connectivity index (χ3n) is 4.89. The summed E-state index contributed by atoms with van der Waals surface area (Å²) < 4.78 is 34.9. The van der Waals surface area contributed by atoms with E-state index in [0.29, 0.717) is 28.7 Å². The Bertz CT molecular complexity index is 1270. The topological polar surface area (TPSA) is 73.6 Å². The number of hydrogen-bond donors (Lipinski definition) is 0. The highest BCUT2D eigenvalue weighted by atomic mass is 32.2. The lowest BCUT2D eigenvalue weighted by molar-refractivity contribution is 0.240. The summed E-state index contributed by atoms with van der Waals surface area (Å²) in [6, 6.07) is 12.3. The summed E-state index contributed by atoms with van der Waals surface area (Å²) in [6.07, 6.45) is 2.96. The first-order chi connectivity index (χ1) is 14.0. The van der Waals surface area contributed by atoms with Crippen molar-refractivity contribution in [2.24, 2.45) is 0 Å². The Hall–Kier alpha value is -2.88. The van der Waals surface area contributed by atoms with Crippen LogP contribution in [0.25, 0.3) is 22.1 Å². The molecule has 5 nitrogen and oxygen atoms in total. The van der Waals surface area contributed by atoms with Crippen molar-refractivity contribution in [1.82, 2.24) is 0 Å². The normalized spacial score (nSPS) is 13.8. The Kier molecular flexibility index (Phi) is 5.27. The number of rotatable bonds is 5. The van der Waals surface area contributed by atoms with Crippen LogP contribution in [0.3, 0.4) is 0 Å². The quantitative estimate of drug-likeness (QED) is 0.604. The monoisotopic (exact) mass is 408 g/mol. The Labute approximate surface area is 169 Å². The molecule has 1 heterocycles. The molecule has 0 saturated heterocycles. The first-order valence-corrected chi connectivity index (χ1v) is 11.0. The van der Waals surface area contributed by atoms with E-state index in [0.717, 1.165) is 24.0 Å². The first kappa shape index (κ1) is 19.4.